The lowest BCUT2D eigenvalue weighted by Gasteiger charge is -2.11. The van der Waals surface area contributed by atoms with Crippen molar-refractivity contribution >= 4 is 17.5 Å². The van der Waals surface area contributed by atoms with Crippen LogP contribution in [0.5, 0.6) is 5.75 Å². The van der Waals surface area contributed by atoms with E-state index in [1.807, 2.05) is 44.2 Å². The van der Waals surface area contributed by atoms with Gasteiger partial charge in [-0.3, -0.25) is 9.59 Å². The highest BCUT2D eigenvalue weighted by atomic mass is 16.5. The summed E-state index contributed by atoms with van der Waals surface area (Å²) in [5.74, 6) is 0.246. The van der Waals surface area contributed by atoms with Gasteiger partial charge in [-0.05, 0) is 55.3 Å². The molecule has 1 N–H and O–H groups in total. The van der Waals surface area contributed by atoms with E-state index >= 15 is 0 Å². The molecule has 0 aliphatic heterocycles. The molecule has 0 aromatic heterocycles. The van der Waals surface area contributed by atoms with Crippen LogP contribution in [0.25, 0.3) is 0 Å². The Morgan fingerprint density at radius 3 is 2.35 bits per heavy atom. The van der Waals surface area contributed by atoms with Gasteiger partial charge in [0.25, 0.3) is 11.8 Å². The van der Waals surface area contributed by atoms with E-state index in [0.717, 1.165) is 11.1 Å². The van der Waals surface area contributed by atoms with Gasteiger partial charge in [-0.25, -0.2) is 5.43 Å². The minimum Gasteiger partial charge on any atom is -0.484 e. The van der Waals surface area contributed by atoms with Crippen LogP contribution in [0.2, 0.25) is 0 Å². The Morgan fingerprint density at radius 2 is 1.73 bits per heavy atom. The molecule has 2 rings (SSSR count). The van der Waals surface area contributed by atoms with Crippen LogP contribution in [0.4, 0.5) is 0 Å². The third kappa shape index (κ3) is 5.17. The number of nitrogens with one attached hydrogen (secondary N) is 1. The van der Waals surface area contributed by atoms with Crippen LogP contribution in [0.3, 0.4) is 0 Å². The molecule has 2 aromatic rings. The van der Waals surface area contributed by atoms with E-state index in [1.54, 1.807) is 32.3 Å². The number of aryl methyl sites for hydroxylation is 1. The topological polar surface area (TPSA) is 71.0 Å². The van der Waals surface area contributed by atoms with Crippen LogP contribution < -0.4 is 10.2 Å². The van der Waals surface area contributed by atoms with Crippen molar-refractivity contribution in [2.75, 3.05) is 20.7 Å². The molecule has 6 heteroatoms. The van der Waals surface area contributed by atoms with Crippen molar-refractivity contribution in [1.82, 2.24) is 10.3 Å². The Labute approximate surface area is 153 Å². The molecular weight excluding hydrogens is 330 g/mol. The number of hydrazone groups is 1. The minimum absolute atomic E-state index is 0.00803. The van der Waals surface area contributed by atoms with Gasteiger partial charge >= 0.3 is 0 Å². The maximum Gasteiger partial charge on any atom is 0.271 e. The smallest absolute Gasteiger partial charge is 0.271 e. The van der Waals surface area contributed by atoms with Crippen molar-refractivity contribution in [3.05, 3.63) is 65.2 Å². The minimum atomic E-state index is -0.246. The Balaban J connectivity index is 1.97. The second-order valence-corrected chi connectivity index (χ2v) is 6.05. The molecule has 6 nitrogen and oxygen atoms in total. The summed E-state index contributed by atoms with van der Waals surface area (Å²) < 4.78 is 5.43. The van der Waals surface area contributed by atoms with Gasteiger partial charge in [0.05, 0.1) is 5.71 Å². The first kappa shape index (κ1) is 19.2. The molecule has 2 aromatic carbocycles. The van der Waals surface area contributed by atoms with E-state index in [2.05, 4.69) is 10.5 Å². The molecule has 0 saturated heterocycles. The number of carbonyl (C=O) groups is 2. The van der Waals surface area contributed by atoms with Gasteiger partial charge in [0, 0.05) is 19.7 Å². The zero-order valence-corrected chi connectivity index (χ0v) is 15.4. The van der Waals surface area contributed by atoms with Crippen molar-refractivity contribution in [1.29, 1.82) is 0 Å². The van der Waals surface area contributed by atoms with E-state index in [1.165, 1.54) is 4.90 Å². The largest absolute Gasteiger partial charge is 0.484 e. The standard InChI is InChI=1S/C20H23N3O3/c1-14-7-5-6-8-18(14)20(25)22-21-15(2)16-9-11-17(12-10-16)26-13-19(24)23(3)4/h5-12H,13H2,1-4H3,(H,22,25)/b21-15-. The van der Waals surface area contributed by atoms with Gasteiger partial charge in [-0.2, -0.15) is 5.10 Å². The van der Waals surface area contributed by atoms with E-state index in [9.17, 15) is 9.59 Å². The van der Waals surface area contributed by atoms with Crippen molar-refractivity contribution in [2.45, 2.75) is 13.8 Å². The molecule has 0 atom stereocenters. The molecule has 0 heterocycles. The summed E-state index contributed by atoms with van der Waals surface area (Å²) in [4.78, 5) is 25.2. The third-order valence-electron chi connectivity index (χ3n) is 3.85. The van der Waals surface area contributed by atoms with Gasteiger partial charge < -0.3 is 9.64 Å². The maximum absolute atomic E-state index is 12.2. The predicted octanol–water partition coefficient (Wildman–Crippen LogP) is 2.62. The quantitative estimate of drug-likeness (QED) is 0.641. The normalized spacial score (nSPS) is 11.0. The molecular formula is C20H23N3O3. The summed E-state index contributed by atoms with van der Waals surface area (Å²) in [6.07, 6.45) is 0. The number of likely N-dealkylation sites (N-methyl/N-ethyl adjacent to an activating group) is 1. The van der Waals surface area contributed by atoms with Crippen LogP contribution in [0, 0.1) is 6.92 Å². The first-order valence-electron chi connectivity index (χ1n) is 8.22. The Kier molecular flexibility index (Phi) is 6.49. The highest BCUT2D eigenvalue weighted by molar-refractivity contribution is 6.01. The van der Waals surface area contributed by atoms with Crippen molar-refractivity contribution in [2.24, 2.45) is 5.10 Å². The first-order valence-corrected chi connectivity index (χ1v) is 8.22. The van der Waals surface area contributed by atoms with Gasteiger partial charge in [0.15, 0.2) is 6.61 Å². The Bertz CT molecular complexity index is 811. The lowest BCUT2D eigenvalue weighted by Crippen LogP contribution is -2.27. The van der Waals surface area contributed by atoms with Crippen LogP contribution in [-0.4, -0.2) is 43.1 Å². The monoisotopic (exact) mass is 353 g/mol. The molecule has 26 heavy (non-hydrogen) atoms. The zero-order valence-electron chi connectivity index (χ0n) is 15.4. The third-order valence-corrected chi connectivity index (χ3v) is 3.85. The van der Waals surface area contributed by atoms with Crippen LogP contribution in [0.1, 0.15) is 28.4 Å². The van der Waals surface area contributed by atoms with Crippen LogP contribution in [0.15, 0.2) is 53.6 Å². The number of hydrogen-bond donors (Lipinski definition) is 1. The number of carbonyl (C=O) groups excluding carboxylic acids is 2. The second-order valence-electron chi connectivity index (χ2n) is 6.05. The molecule has 136 valence electrons. The fourth-order valence-corrected chi connectivity index (χ4v) is 2.15. The van der Waals surface area contributed by atoms with Crippen LogP contribution >= 0.6 is 0 Å². The summed E-state index contributed by atoms with van der Waals surface area (Å²) in [5, 5.41) is 4.15. The second kappa shape index (κ2) is 8.80. The fraction of sp³-hybridized carbons (Fsp3) is 0.250. The highest BCUT2D eigenvalue weighted by Gasteiger charge is 2.08. The molecule has 0 saturated carbocycles. The molecule has 0 unspecified atom stereocenters. The fourth-order valence-electron chi connectivity index (χ4n) is 2.15. The van der Waals surface area contributed by atoms with Gasteiger partial charge in [0.1, 0.15) is 5.75 Å². The summed E-state index contributed by atoms with van der Waals surface area (Å²) >= 11 is 0. The summed E-state index contributed by atoms with van der Waals surface area (Å²) in [7, 11) is 3.36. The molecule has 2 amide bonds. The van der Waals surface area contributed by atoms with Crippen molar-refractivity contribution < 1.29 is 14.3 Å². The van der Waals surface area contributed by atoms with E-state index in [0.29, 0.717) is 17.0 Å². The Hall–Kier alpha value is -3.15. The lowest BCUT2D eigenvalue weighted by molar-refractivity contribution is -0.130. The molecule has 0 fully saturated rings. The average molecular weight is 353 g/mol. The van der Waals surface area contributed by atoms with Crippen LogP contribution in [-0.2, 0) is 4.79 Å². The number of benzene rings is 2. The first-order chi connectivity index (χ1) is 12.4. The van der Waals surface area contributed by atoms with E-state index < -0.39 is 0 Å². The number of hydrogen-bond acceptors (Lipinski definition) is 4. The summed E-state index contributed by atoms with van der Waals surface area (Å²) in [6, 6.07) is 14.5. The average Bonchev–Trinajstić information content (AvgIpc) is 2.64. The predicted molar refractivity (Wildman–Crippen MR) is 101 cm³/mol. The maximum atomic E-state index is 12.2. The molecule has 0 bridgehead atoms. The summed E-state index contributed by atoms with van der Waals surface area (Å²) in [5.41, 5.74) is 5.58. The van der Waals surface area contributed by atoms with Crippen molar-refractivity contribution in [3.63, 3.8) is 0 Å². The zero-order chi connectivity index (χ0) is 19.1. The number of amides is 2. The molecule has 0 radical (unpaired) electrons. The van der Waals surface area contributed by atoms with Gasteiger partial charge in [-0.15, -0.1) is 0 Å². The van der Waals surface area contributed by atoms with Gasteiger partial charge in [-0.1, -0.05) is 18.2 Å². The molecule has 0 spiro atoms. The SMILES string of the molecule is C/C(=N/NC(=O)c1ccccc1C)c1ccc(OCC(=O)N(C)C)cc1. The Morgan fingerprint density at radius 1 is 1.08 bits per heavy atom. The van der Waals surface area contributed by atoms with E-state index in [-0.39, 0.29) is 18.4 Å². The van der Waals surface area contributed by atoms with Gasteiger partial charge in [0.2, 0.25) is 0 Å². The highest BCUT2D eigenvalue weighted by Crippen LogP contribution is 2.13. The number of rotatable bonds is 6. The number of ether oxygens (including phenoxy) is 1. The molecule has 0 aliphatic carbocycles. The van der Waals surface area contributed by atoms with E-state index in [4.69, 9.17) is 4.74 Å². The summed E-state index contributed by atoms with van der Waals surface area (Å²) in [6.45, 7) is 3.68. The molecule has 0 aliphatic rings. The lowest BCUT2D eigenvalue weighted by atomic mass is 10.1. The van der Waals surface area contributed by atoms with Crippen molar-refractivity contribution in [3.8, 4) is 5.75 Å². The number of nitrogens with zero attached hydrogens (tertiary/aromatic N) is 2.